The molecule has 0 radical (unpaired) electrons. The van der Waals surface area contributed by atoms with Crippen LogP contribution in [0.5, 0.6) is 5.75 Å². The van der Waals surface area contributed by atoms with Gasteiger partial charge in [0.1, 0.15) is 12.4 Å². The first-order valence-electron chi connectivity index (χ1n) is 6.67. The van der Waals surface area contributed by atoms with E-state index >= 15 is 0 Å². The summed E-state index contributed by atoms with van der Waals surface area (Å²) >= 11 is 5.46. The summed E-state index contributed by atoms with van der Waals surface area (Å²) in [4.78, 5) is 11.4. The summed E-state index contributed by atoms with van der Waals surface area (Å²) in [6.45, 7) is 7.39. The van der Waals surface area contributed by atoms with E-state index < -0.39 is 0 Å². The minimum Gasteiger partial charge on any atom is -0.491 e. The summed E-state index contributed by atoms with van der Waals surface area (Å²) in [5.41, 5.74) is 0.721. The number of Topliss-reactive ketones (excluding diaryl/α,β-unsaturated/α-hetero) is 1. The van der Waals surface area contributed by atoms with Gasteiger partial charge < -0.3 is 9.47 Å². The van der Waals surface area contributed by atoms with Crippen LogP contribution < -0.4 is 4.74 Å². The Morgan fingerprint density at radius 3 is 2.26 bits per heavy atom. The van der Waals surface area contributed by atoms with Crippen molar-refractivity contribution >= 4 is 17.4 Å². The van der Waals surface area contributed by atoms with Crippen molar-refractivity contribution in [3.8, 4) is 5.75 Å². The van der Waals surface area contributed by atoms with Crippen LogP contribution in [0.1, 0.15) is 37.6 Å². The van der Waals surface area contributed by atoms with Gasteiger partial charge in [0.15, 0.2) is 5.78 Å². The van der Waals surface area contributed by atoms with Gasteiger partial charge >= 0.3 is 0 Å². The normalized spacial score (nSPS) is 9.47. The van der Waals surface area contributed by atoms with Crippen molar-refractivity contribution in [2.24, 2.45) is 0 Å². The Hall–Kier alpha value is -1.06. The number of ether oxygens (including phenoxy) is 2. The Balaban J connectivity index is 0.00000154. The molecule has 1 aromatic carbocycles. The van der Waals surface area contributed by atoms with Gasteiger partial charge in [-0.15, -0.1) is 11.6 Å². The number of rotatable bonds is 8. The van der Waals surface area contributed by atoms with Gasteiger partial charge in [0.2, 0.25) is 0 Å². The number of alkyl halides is 1. The summed E-state index contributed by atoms with van der Waals surface area (Å²) in [6.07, 6.45) is 0.520. The maximum absolute atomic E-state index is 11.4. The number of halogens is 1. The molecule has 0 saturated heterocycles. The van der Waals surface area contributed by atoms with Crippen molar-refractivity contribution in [3.05, 3.63) is 29.8 Å². The molecule has 0 heterocycles. The molecular weight excluding hydrogens is 264 g/mol. The highest BCUT2D eigenvalue weighted by atomic mass is 35.5. The van der Waals surface area contributed by atoms with Gasteiger partial charge in [-0.2, -0.15) is 0 Å². The zero-order chi connectivity index (χ0) is 14.5. The molecule has 0 fully saturated rings. The first kappa shape index (κ1) is 17.9. The fourth-order valence-electron chi connectivity index (χ4n) is 1.32. The van der Waals surface area contributed by atoms with Crippen LogP contribution in [0.25, 0.3) is 0 Å². The molecular formula is C15H23ClO3. The molecule has 4 heteroatoms. The number of benzene rings is 1. The van der Waals surface area contributed by atoms with E-state index in [0.717, 1.165) is 11.3 Å². The molecule has 19 heavy (non-hydrogen) atoms. The molecule has 0 aromatic heterocycles. The van der Waals surface area contributed by atoms with E-state index in [2.05, 4.69) is 0 Å². The second-order valence-electron chi connectivity index (χ2n) is 3.45. The van der Waals surface area contributed by atoms with Crippen LogP contribution in [0.15, 0.2) is 24.3 Å². The molecule has 0 unspecified atom stereocenters. The van der Waals surface area contributed by atoms with Gasteiger partial charge in [-0.3, -0.25) is 4.79 Å². The monoisotopic (exact) mass is 286 g/mol. The number of ketones is 1. The largest absolute Gasteiger partial charge is 0.491 e. The number of hydrogen-bond donors (Lipinski definition) is 0. The quantitative estimate of drug-likeness (QED) is 0.412. The third-order valence-electron chi connectivity index (χ3n) is 2.22. The highest BCUT2D eigenvalue weighted by molar-refractivity contribution is 6.17. The van der Waals surface area contributed by atoms with Crippen LogP contribution in [0.3, 0.4) is 0 Å². The van der Waals surface area contributed by atoms with Gasteiger partial charge in [-0.25, -0.2) is 0 Å². The molecule has 0 aliphatic heterocycles. The van der Waals surface area contributed by atoms with Crippen LogP contribution in [-0.4, -0.2) is 31.5 Å². The maximum Gasteiger partial charge on any atom is 0.162 e. The second kappa shape index (κ2) is 12.0. The van der Waals surface area contributed by atoms with E-state index in [1.54, 1.807) is 24.3 Å². The lowest BCUT2D eigenvalue weighted by atomic mass is 10.1. The molecule has 0 bridgehead atoms. The van der Waals surface area contributed by atoms with Gasteiger partial charge in [-0.1, -0.05) is 20.8 Å². The standard InChI is InChI=1S/C13H17ClO3.C2H6/c1-2-13(15)11-3-5-12(6-4-11)17-10-9-16-8-7-14;1-2/h3-6H,2,7-10H2,1H3;1-2H3. The van der Waals surface area contributed by atoms with E-state index in [9.17, 15) is 4.79 Å². The average Bonchev–Trinajstić information content (AvgIpc) is 2.49. The molecule has 0 amide bonds. The smallest absolute Gasteiger partial charge is 0.162 e. The fraction of sp³-hybridized carbons (Fsp3) is 0.533. The van der Waals surface area contributed by atoms with Gasteiger partial charge in [0, 0.05) is 17.9 Å². The van der Waals surface area contributed by atoms with Crippen LogP contribution in [-0.2, 0) is 4.74 Å². The lowest BCUT2D eigenvalue weighted by Crippen LogP contribution is -2.08. The number of carbonyl (C=O) groups excluding carboxylic acids is 1. The number of hydrogen-bond acceptors (Lipinski definition) is 3. The molecule has 1 aromatic rings. The lowest BCUT2D eigenvalue weighted by molar-refractivity contribution is 0.0987. The SMILES string of the molecule is CC.CCC(=O)c1ccc(OCCOCCCl)cc1. The Morgan fingerprint density at radius 2 is 1.74 bits per heavy atom. The minimum absolute atomic E-state index is 0.141. The van der Waals surface area contributed by atoms with Crippen molar-refractivity contribution in [1.29, 1.82) is 0 Å². The van der Waals surface area contributed by atoms with E-state index in [4.69, 9.17) is 21.1 Å². The molecule has 108 valence electrons. The van der Waals surface area contributed by atoms with E-state index in [1.165, 1.54) is 0 Å². The Morgan fingerprint density at radius 1 is 1.11 bits per heavy atom. The highest BCUT2D eigenvalue weighted by Gasteiger charge is 2.02. The van der Waals surface area contributed by atoms with Gasteiger partial charge in [-0.05, 0) is 24.3 Å². The van der Waals surface area contributed by atoms with Crippen molar-refractivity contribution in [1.82, 2.24) is 0 Å². The van der Waals surface area contributed by atoms with E-state index in [-0.39, 0.29) is 5.78 Å². The highest BCUT2D eigenvalue weighted by Crippen LogP contribution is 2.13. The Bertz CT molecular complexity index is 336. The van der Waals surface area contributed by atoms with Crippen molar-refractivity contribution in [2.75, 3.05) is 25.7 Å². The zero-order valence-corrected chi connectivity index (χ0v) is 12.7. The molecule has 0 spiro atoms. The molecule has 3 nitrogen and oxygen atoms in total. The molecule has 0 N–H and O–H groups in total. The van der Waals surface area contributed by atoms with E-state index in [1.807, 2.05) is 20.8 Å². The predicted molar refractivity (Wildman–Crippen MR) is 79.4 cm³/mol. The van der Waals surface area contributed by atoms with Crippen LogP contribution in [0, 0.1) is 0 Å². The minimum atomic E-state index is 0.141. The summed E-state index contributed by atoms with van der Waals surface area (Å²) in [5, 5.41) is 0. The van der Waals surface area contributed by atoms with Gasteiger partial charge in [0.05, 0.1) is 13.2 Å². The van der Waals surface area contributed by atoms with Crippen LogP contribution >= 0.6 is 11.6 Å². The molecule has 0 atom stereocenters. The summed E-state index contributed by atoms with van der Waals surface area (Å²) in [6, 6.07) is 7.15. The van der Waals surface area contributed by atoms with Crippen molar-refractivity contribution in [2.45, 2.75) is 27.2 Å². The number of carbonyl (C=O) groups is 1. The first-order valence-corrected chi connectivity index (χ1v) is 7.21. The third-order valence-corrected chi connectivity index (χ3v) is 2.37. The zero-order valence-electron chi connectivity index (χ0n) is 11.9. The average molecular weight is 287 g/mol. The second-order valence-corrected chi connectivity index (χ2v) is 3.83. The van der Waals surface area contributed by atoms with E-state index in [0.29, 0.717) is 32.1 Å². The Labute approximate surface area is 120 Å². The third kappa shape index (κ3) is 7.85. The van der Waals surface area contributed by atoms with Crippen molar-refractivity contribution in [3.63, 3.8) is 0 Å². The van der Waals surface area contributed by atoms with Crippen LogP contribution in [0.2, 0.25) is 0 Å². The maximum atomic E-state index is 11.4. The molecule has 0 aliphatic rings. The first-order chi connectivity index (χ1) is 9.27. The predicted octanol–water partition coefficient (Wildman–Crippen LogP) is 3.94. The summed E-state index contributed by atoms with van der Waals surface area (Å²) in [7, 11) is 0. The molecule has 1 rings (SSSR count). The molecule has 0 saturated carbocycles. The summed E-state index contributed by atoms with van der Waals surface area (Å²) < 4.78 is 10.6. The summed E-state index contributed by atoms with van der Waals surface area (Å²) in [5.74, 6) is 1.38. The van der Waals surface area contributed by atoms with Crippen molar-refractivity contribution < 1.29 is 14.3 Å². The lowest BCUT2D eigenvalue weighted by Gasteiger charge is -2.06. The topological polar surface area (TPSA) is 35.5 Å². The molecule has 0 aliphatic carbocycles. The fourth-order valence-corrected chi connectivity index (χ4v) is 1.43. The van der Waals surface area contributed by atoms with Gasteiger partial charge in [0.25, 0.3) is 0 Å². The Kier molecular flexibility index (Phi) is 11.3. The van der Waals surface area contributed by atoms with Crippen LogP contribution in [0.4, 0.5) is 0 Å².